The summed E-state index contributed by atoms with van der Waals surface area (Å²) in [6.07, 6.45) is 9.56. The summed E-state index contributed by atoms with van der Waals surface area (Å²) in [7, 11) is 0. The third-order valence-corrected chi connectivity index (χ3v) is 3.63. The molecule has 1 atom stereocenters. The standard InChI is InChI=1S/C16H29NO/c1-3-4-5-7-11-16(2,18)12-10-15-17-13-8-6-9-14-17/h18H,3-9,11,13-15H2,1-2H3. The Labute approximate surface area is 113 Å². The van der Waals surface area contributed by atoms with Crippen LogP contribution in [-0.4, -0.2) is 35.2 Å². The average Bonchev–Trinajstić information content (AvgIpc) is 2.36. The minimum Gasteiger partial charge on any atom is -0.378 e. The molecule has 0 bridgehead atoms. The third kappa shape index (κ3) is 7.03. The van der Waals surface area contributed by atoms with Crippen LogP contribution in [0, 0.1) is 11.8 Å². The van der Waals surface area contributed by atoms with Crippen LogP contribution in [0.3, 0.4) is 0 Å². The Morgan fingerprint density at radius 3 is 2.50 bits per heavy atom. The van der Waals surface area contributed by atoms with Gasteiger partial charge in [-0.1, -0.05) is 44.4 Å². The highest BCUT2D eigenvalue weighted by molar-refractivity contribution is 5.13. The lowest BCUT2D eigenvalue weighted by Gasteiger charge is -2.24. The first-order valence-corrected chi connectivity index (χ1v) is 7.59. The first-order chi connectivity index (χ1) is 8.64. The van der Waals surface area contributed by atoms with Gasteiger partial charge in [-0.2, -0.15) is 0 Å². The minimum atomic E-state index is -0.788. The van der Waals surface area contributed by atoms with Crippen LogP contribution < -0.4 is 0 Å². The Hall–Kier alpha value is -0.520. The van der Waals surface area contributed by atoms with Crippen LogP contribution in [0.2, 0.25) is 0 Å². The summed E-state index contributed by atoms with van der Waals surface area (Å²) in [5.74, 6) is 6.21. The second-order valence-corrected chi connectivity index (χ2v) is 5.72. The molecule has 0 radical (unpaired) electrons. The van der Waals surface area contributed by atoms with E-state index in [4.69, 9.17) is 0 Å². The van der Waals surface area contributed by atoms with Gasteiger partial charge < -0.3 is 5.11 Å². The van der Waals surface area contributed by atoms with Crippen LogP contribution in [-0.2, 0) is 0 Å². The van der Waals surface area contributed by atoms with Crippen molar-refractivity contribution in [2.75, 3.05) is 19.6 Å². The molecule has 1 aliphatic rings. The van der Waals surface area contributed by atoms with E-state index in [9.17, 15) is 5.11 Å². The zero-order valence-corrected chi connectivity index (χ0v) is 12.2. The van der Waals surface area contributed by atoms with Crippen molar-refractivity contribution < 1.29 is 5.11 Å². The van der Waals surface area contributed by atoms with E-state index < -0.39 is 5.60 Å². The maximum absolute atomic E-state index is 10.2. The molecule has 1 fully saturated rings. The summed E-state index contributed by atoms with van der Waals surface area (Å²) in [6, 6.07) is 0. The van der Waals surface area contributed by atoms with Gasteiger partial charge in [0.05, 0.1) is 6.54 Å². The van der Waals surface area contributed by atoms with Crippen molar-refractivity contribution in [2.45, 2.75) is 70.8 Å². The molecule has 0 aliphatic carbocycles. The van der Waals surface area contributed by atoms with E-state index in [2.05, 4.69) is 23.7 Å². The molecule has 1 unspecified atom stereocenters. The number of likely N-dealkylation sites (tertiary alicyclic amines) is 1. The van der Waals surface area contributed by atoms with Crippen LogP contribution in [0.15, 0.2) is 0 Å². The molecule has 1 rings (SSSR count). The van der Waals surface area contributed by atoms with Crippen LogP contribution in [0.5, 0.6) is 0 Å². The highest BCUT2D eigenvalue weighted by Gasteiger charge is 2.16. The Bertz CT molecular complexity index is 269. The summed E-state index contributed by atoms with van der Waals surface area (Å²) in [5, 5.41) is 10.2. The zero-order chi connectivity index (χ0) is 13.3. The van der Waals surface area contributed by atoms with Crippen molar-refractivity contribution >= 4 is 0 Å². The SMILES string of the molecule is CCCCCCC(C)(O)C#CCN1CCCCC1. The van der Waals surface area contributed by atoms with Crippen molar-refractivity contribution in [3.05, 3.63) is 0 Å². The smallest absolute Gasteiger partial charge is 0.122 e. The summed E-state index contributed by atoms with van der Waals surface area (Å²) < 4.78 is 0. The maximum Gasteiger partial charge on any atom is 0.122 e. The number of unbranched alkanes of at least 4 members (excludes halogenated alkanes) is 3. The van der Waals surface area contributed by atoms with Gasteiger partial charge in [0.1, 0.15) is 5.60 Å². The quantitative estimate of drug-likeness (QED) is 0.579. The van der Waals surface area contributed by atoms with Gasteiger partial charge in [-0.15, -0.1) is 0 Å². The normalized spacial score (nSPS) is 19.9. The molecule has 0 saturated carbocycles. The molecule has 0 aromatic rings. The molecule has 0 amide bonds. The first kappa shape index (κ1) is 15.5. The van der Waals surface area contributed by atoms with Crippen molar-refractivity contribution in [1.29, 1.82) is 0 Å². The van der Waals surface area contributed by atoms with Gasteiger partial charge in [0.2, 0.25) is 0 Å². The molecule has 1 N–H and O–H groups in total. The van der Waals surface area contributed by atoms with Crippen LogP contribution in [0.1, 0.15) is 65.2 Å². The van der Waals surface area contributed by atoms with Crippen molar-refractivity contribution in [2.24, 2.45) is 0 Å². The maximum atomic E-state index is 10.2. The fourth-order valence-electron chi connectivity index (χ4n) is 2.42. The van der Waals surface area contributed by atoms with Crippen LogP contribution in [0.25, 0.3) is 0 Å². The fraction of sp³-hybridized carbons (Fsp3) is 0.875. The molecular formula is C16H29NO. The average molecular weight is 251 g/mol. The largest absolute Gasteiger partial charge is 0.378 e. The number of hydrogen-bond acceptors (Lipinski definition) is 2. The third-order valence-electron chi connectivity index (χ3n) is 3.63. The Kier molecular flexibility index (Phi) is 7.39. The lowest BCUT2D eigenvalue weighted by Crippen LogP contribution is -2.30. The van der Waals surface area contributed by atoms with Gasteiger partial charge in [0.25, 0.3) is 0 Å². The molecule has 1 heterocycles. The van der Waals surface area contributed by atoms with E-state index in [0.717, 1.165) is 19.4 Å². The van der Waals surface area contributed by atoms with Gasteiger partial charge in [-0.05, 0) is 45.7 Å². The lowest BCUT2D eigenvalue weighted by molar-refractivity contribution is 0.108. The van der Waals surface area contributed by atoms with E-state index in [-0.39, 0.29) is 0 Å². The molecule has 0 aromatic carbocycles. The van der Waals surface area contributed by atoms with Crippen molar-refractivity contribution in [3.63, 3.8) is 0 Å². The number of rotatable bonds is 6. The number of aliphatic hydroxyl groups is 1. The monoisotopic (exact) mass is 251 g/mol. The van der Waals surface area contributed by atoms with E-state index in [1.165, 1.54) is 51.6 Å². The number of nitrogens with zero attached hydrogens (tertiary/aromatic N) is 1. The first-order valence-electron chi connectivity index (χ1n) is 7.59. The summed E-state index contributed by atoms with van der Waals surface area (Å²) in [4.78, 5) is 2.39. The Balaban J connectivity index is 2.21. The number of hydrogen-bond donors (Lipinski definition) is 1. The van der Waals surface area contributed by atoms with Gasteiger partial charge in [-0.25, -0.2) is 0 Å². The van der Waals surface area contributed by atoms with Crippen LogP contribution >= 0.6 is 0 Å². The van der Waals surface area contributed by atoms with Crippen LogP contribution in [0.4, 0.5) is 0 Å². The van der Waals surface area contributed by atoms with Gasteiger partial charge >= 0.3 is 0 Å². The Morgan fingerprint density at radius 1 is 1.11 bits per heavy atom. The molecule has 0 aromatic heterocycles. The summed E-state index contributed by atoms with van der Waals surface area (Å²) >= 11 is 0. The molecule has 18 heavy (non-hydrogen) atoms. The lowest BCUT2D eigenvalue weighted by atomic mass is 9.98. The van der Waals surface area contributed by atoms with E-state index >= 15 is 0 Å². The molecule has 1 aliphatic heterocycles. The van der Waals surface area contributed by atoms with Crippen molar-refractivity contribution in [1.82, 2.24) is 4.90 Å². The predicted octanol–water partition coefficient (Wildman–Crippen LogP) is 3.20. The van der Waals surface area contributed by atoms with Gasteiger partial charge in [0.15, 0.2) is 0 Å². The number of piperidine rings is 1. The second-order valence-electron chi connectivity index (χ2n) is 5.72. The minimum absolute atomic E-state index is 0.788. The summed E-state index contributed by atoms with van der Waals surface area (Å²) in [6.45, 7) is 7.23. The predicted molar refractivity (Wildman–Crippen MR) is 77.4 cm³/mol. The van der Waals surface area contributed by atoms with Gasteiger partial charge in [0, 0.05) is 0 Å². The Morgan fingerprint density at radius 2 is 1.83 bits per heavy atom. The van der Waals surface area contributed by atoms with E-state index in [0.29, 0.717) is 0 Å². The molecule has 0 spiro atoms. The molecule has 2 heteroatoms. The van der Waals surface area contributed by atoms with Gasteiger partial charge in [-0.3, -0.25) is 4.90 Å². The van der Waals surface area contributed by atoms with E-state index in [1.54, 1.807) is 0 Å². The molecule has 2 nitrogen and oxygen atoms in total. The topological polar surface area (TPSA) is 23.5 Å². The highest BCUT2D eigenvalue weighted by atomic mass is 16.3. The highest BCUT2D eigenvalue weighted by Crippen LogP contribution is 2.14. The van der Waals surface area contributed by atoms with E-state index in [1.807, 2.05) is 6.92 Å². The molecule has 1 saturated heterocycles. The molecule has 104 valence electrons. The second kappa shape index (κ2) is 8.56. The molecular weight excluding hydrogens is 222 g/mol. The summed E-state index contributed by atoms with van der Waals surface area (Å²) in [5.41, 5.74) is -0.788. The zero-order valence-electron chi connectivity index (χ0n) is 12.2. The fourth-order valence-corrected chi connectivity index (χ4v) is 2.42. The van der Waals surface area contributed by atoms with Crippen molar-refractivity contribution in [3.8, 4) is 11.8 Å².